The number of carbonyl (C=O) groups is 1. The fraction of sp³-hybridized carbons (Fsp3) is 0.600. The molecule has 1 aliphatic rings. The van der Waals surface area contributed by atoms with E-state index in [0.717, 1.165) is 11.3 Å². The lowest BCUT2D eigenvalue weighted by Crippen LogP contribution is -2.50. The number of aromatic nitrogens is 1. The summed E-state index contributed by atoms with van der Waals surface area (Å²) in [7, 11) is 0. The number of carbonyl (C=O) groups excluding carboxylic acids is 1. The first kappa shape index (κ1) is 18.3. The molecule has 1 aromatic heterocycles. The van der Waals surface area contributed by atoms with Crippen LogP contribution in [0.15, 0.2) is 23.1 Å². The number of amides is 2. The van der Waals surface area contributed by atoms with Crippen molar-refractivity contribution in [1.29, 1.82) is 0 Å². The SMILES string of the molecule is CCCn1cc(NC(=O)N2CCC[C@@H]2[C@@H](O)C(F)(F)F)ccc1=O. The van der Waals surface area contributed by atoms with Crippen LogP contribution in [-0.2, 0) is 6.54 Å². The minimum Gasteiger partial charge on any atom is -0.382 e. The molecule has 2 rings (SSSR count). The summed E-state index contributed by atoms with van der Waals surface area (Å²) in [6.45, 7) is 2.50. The molecule has 1 fully saturated rings. The van der Waals surface area contributed by atoms with Crippen molar-refractivity contribution >= 4 is 11.7 Å². The van der Waals surface area contributed by atoms with Gasteiger partial charge in [-0.2, -0.15) is 13.2 Å². The second kappa shape index (κ2) is 7.25. The number of alkyl halides is 3. The number of aliphatic hydroxyl groups excluding tert-OH is 1. The largest absolute Gasteiger partial charge is 0.416 e. The minimum absolute atomic E-state index is 0.0867. The lowest BCUT2D eigenvalue weighted by Gasteiger charge is -2.29. The Bertz CT molecular complexity index is 645. The number of nitrogens with one attached hydrogen (secondary N) is 1. The first-order chi connectivity index (χ1) is 11.2. The van der Waals surface area contributed by atoms with Crippen LogP contribution >= 0.6 is 0 Å². The van der Waals surface area contributed by atoms with E-state index in [-0.39, 0.29) is 18.5 Å². The van der Waals surface area contributed by atoms with Gasteiger partial charge in [-0.1, -0.05) is 6.92 Å². The average molecular weight is 347 g/mol. The number of halogens is 3. The molecule has 0 saturated carbocycles. The molecule has 0 radical (unpaired) electrons. The fourth-order valence-corrected chi connectivity index (χ4v) is 2.81. The predicted molar refractivity (Wildman–Crippen MR) is 81.8 cm³/mol. The van der Waals surface area contributed by atoms with Gasteiger partial charge in [0.1, 0.15) is 0 Å². The molecule has 1 aromatic rings. The van der Waals surface area contributed by atoms with E-state index in [2.05, 4.69) is 5.32 Å². The first-order valence-electron chi connectivity index (χ1n) is 7.77. The van der Waals surface area contributed by atoms with Gasteiger partial charge in [0.2, 0.25) is 0 Å². The number of pyridine rings is 1. The van der Waals surface area contributed by atoms with Gasteiger partial charge in [-0.25, -0.2) is 4.79 Å². The van der Waals surface area contributed by atoms with Crippen molar-refractivity contribution in [3.05, 3.63) is 28.7 Å². The van der Waals surface area contributed by atoms with Crippen molar-refractivity contribution in [1.82, 2.24) is 9.47 Å². The third kappa shape index (κ3) is 4.08. The molecule has 0 spiro atoms. The fourth-order valence-electron chi connectivity index (χ4n) is 2.81. The molecule has 9 heteroatoms. The van der Waals surface area contributed by atoms with Crippen molar-refractivity contribution in [3.63, 3.8) is 0 Å². The van der Waals surface area contributed by atoms with Crippen LogP contribution in [0.4, 0.5) is 23.7 Å². The highest BCUT2D eigenvalue weighted by molar-refractivity contribution is 5.89. The summed E-state index contributed by atoms with van der Waals surface area (Å²) < 4.78 is 39.5. The number of nitrogens with zero attached hydrogens (tertiary/aromatic N) is 2. The van der Waals surface area contributed by atoms with Gasteiger partial charge in [-0.3, -0.25) is 4.79 Å². The van der Waals surface area contributed by atoms with E-state index in [0.29, 0.717) is 18.7 Å². The predicted octanol–water partition coefficient (Wildman–Crippen LogP) is 2.18. The van der Waals surface area contributed by atoms with Gasteiger partial charge in [-0.15, -0.1) is 0 Å². The van der Waals surface area contributed by atoms with Crippen molar-refractivity contribution < 1.29 is 23.1 Å². The third-order valence-corrected chi connectivity index (χ3v) is 3.96. The quantitative estimate of drug-likeness (QED) is 0.877. The minimum atomic E-state index is -4.78. The molecule has 1 saturated heterocycles. The van der Waals surface area contributed by atoms with E-state index in [1.54, 1.807) is 0 Å². The van der Waals surface area contributed by atoms with Crippen LogP contribution in [0.5, 0.6) is 0 Å². The van der Waals surface area contributed by atoms with Crippen LogP contribution < -0.4 is 10.9 Å². The molecule has 0 aliphatic carbocycles. The molecule has 2 heterocycles. The Morgan fingerprint density at radius 3 is 2.79 bits per heavy atom. The lowest BCUT2D eigenvalue weighted by atomic mass is 10.1. The van der Waals surface area contributed by atoms with Crippen LogP contribution in [0.3, 0.4) is 0 Å². The highest BCUT2D eigenvalue weighted by Crippen LogP contribution is 2.30. The topological polar surface area (TPSA) is 74.6 Å². The number of likely N-dealkylation sites (tertiary alicyclic amines) is 1. The molecule has 24 heavy (non-hydrogen) atoms. The maximum absolute atomic E-state index is 12.7. The summed E-state index contributed by atoms with van der Waals surface area (Å²) in [5, 5.41) is 11.9. The molecule has 6 nitrogen and oxygen atoms in total. The van der Waals surface area contributed by atoms with Crippen LogP contribution in [0.2, 0.25) is 0 Å². The molecule has 2 amide bonds. The molecule has 0 aromatic carbocycles. The van der Waals surface area contributed by atoms with E-state index < -0.39 is 24.4 Å². The third-order valence-electron chi connectivity index (χ3n) is 3.96. The van der Waals surface area contributed by atoms with E-state index >= 15 is 0 Å². The number of rotatable bonds is 4. The molecule has 2 N–H and O–H groups in total. The molecular weight excluding hydrogens is 327 g/mol. The zero-order valence-corrected chi connectivity index (χ0v) is 13.2. The van der Waals surface area contributed by atoms with E-state index in [9.17, 15) is 27.9 Å². The summed E-state index contributed by atoms with van der Waals surface area (Å²) in [4.78, 5) is 24.9. The van der Waals surface area contributed by atoms with Gasteiger partial charge in [0.05, 0.1) is 11.7 Å². The van der Waals surface area contributed by atoms with Gasteiger partial charge < -0.3 is 19.9 Å². The smallest absolute Gasteiger partial charge is 0.382 e. The van der Waals surface area contributed by atoms with E-state index in [1.807, 2.05) is 6.92 Å². The Labute approximate surface area is 136 Å². The maximum atomic E-state index is 12.7. The molecule has 1 aliphatic heterocycles. The highest BCUT2D eigenvalue weighted by atomic mass is 19.4. The number of hydrogen-bond donors (Lipinski definition) is 2. The van der Waals surface area contributed by atoms with Gasteiger partial charge in [0, 0.05) is 25.4 Å². The van der Waals surface area contributed by atoms with Gasteiger partial charge >= 0.3 is 12.2 Å². The second-order valence-corrected chi connectivity index (χ2v) is 5.77. The average Bonchev–Trinajstić information content (AvgIpc) is 2.98. The first-order valence-corrected chi connectivity index (χ1v) is 7.77. The Kier molecular flexibility index (Phi) is 5.53. The van der Waals surface area contributed by atoms with Crippen LogP contribution in [0, 0.1) is 0 Å². The summed E-state index contributed by atoms with van der Waals surface area (Å²) >= 11 is 0. The summed E-state index contributed by atoms with van der Waals surface area (Å²) in [5.74, 6) is 0. The Morgan fingerprint density at radius 2 is 2.17 bits per heavy atom. The Morgan fingerprint density at radius 1 is 1.46 bits per heavy atom. The number of hydrogen-bond acceptors (Lipinski definition) is 3. The normalized spacial score (nSPS) is 19.4. The van der Waals surface area contributed by atoms with Crippen LogP contribution in [0.1, 0.15) is 26.2 Å². The lowest BCUT2D eigenvalue weighted by molar-refractivity contribution is -0.216. The number of urea groups is 1. The standard InChI is InChI=1S/C15H20F3N3O3/c1-2-7-20-9-10(5-6-12(20)22)19-14(24)21-8-3-4-11(21)13(23)15(16,17)18/h5-6,9,11,13,23H,2-4,7-8H2,1H3,(H,19,24)/t11-,13-/m1/s1. The zero-order chi connectivity index (χ0) is 17.9. The zero-order valence-electron chi connectivity index (χ0n) is 13.2. The van der Waals surface area contributed by atoms with Gasteiger partial charge in [-0.05, 0) is 25.3 Å². The van der Waals surface area contributed by atoms with Crippen LogP contribution in [-0.4, -0.2) is 45.5 Å². The van der Waals surface area contributed by atoms with Crippen LogP contribution in [0.25, 0.3) is 0 Å². The second-order valence-electron chi connectivity index (χ2n) is 5.77. The Balaban J connectivity index is 2.11. The van der Waals surface area contributed by atoms with Gasteiger partial charge in [0.15, 0.2) is 6.10 Å². The summed E-state index contributed by atoms with van der Waals surface area (Å²) in [6.07, 6.45) is -4.69. The number of anilines is 1. The van der Waals surface area contributed by atoms with Crippen molar-refractivity contribution in [2.75, 3.05) is 11.9 Å². The molecular formula is C15H20F3N3O3. The summed E-state index contributed by atoms with van der Waals surface area (Å²) in [5.41, 5.74) is 0.0987. The Hall–Kier alpha value is -2.03. The van der Waals surface area contributed by atoms with Crippen molar-refractivity contribution in [2.24, 2.45) is 0 Å². The van der Waals surface area contributed by atoms with E-state index in [1.165, 1.54) is 22.9 Å². The molecule has 0 bridgehead atoms. The van der Waals surface area contributed by atoms with Crippen molar-refractivity contribution in [3.8, 4) is 0 Å². The number of aryl methyl sites for hydroxylation is 1. The highest BCUT2D eigenvalue weighted by Gasteiger charge is 2.48. The summed E-state index contributed by atoms with van der Waals surface area (Å²) in [6, 6.07) is 0.670. The monoisotopic (exact) mass is 347 g/mol. The van der Waals surface area contributed by atoms with Gasteiger partial charge in [0.25, 0.3) is 5.56 Å². The van der Waals surface area contributed by atoms with Crippen molar-refractivity contribution in [2.45, 2.75) is 51.1 Å². The molecule has 2 atom stereocenters. The van der Waals surface area contributed by atoms with E-state index in [4.69, 9.17) is 0 Å². The number of aliphatic hydroxyl groups is 1. The maximum Gasteiger partial charge on any atom is 0.416 e. The molecule has 134 valence electrons. The molecule has 0 unspecified atom stereocenters.